The quantitative estimate of drug-likeness (QED) is 0.862. The first-order chi connectivity index (χ1) is 9.66. The summed E-state index contributed by atoms with van der Waals surface area (Å²) in [5, 5.41) is 10.7. The molecule has 0 bridgehead atoms. The molecule has 0 heterocycles. The van der Waals surface area contributed by atoms with Crippen LogP contribution < -0.4 is 0 Å². The molecule has 20 heavy (non-hydrogen) atoms. The Morgan fingerprint density at radius 3 is 2.55 bits per heavy atom. The average molecular weight is 268 g/mol. The van der Waals surface area contributed by atoms with Gasteiger partial charge in [-0.3, -0.25) is 0 Å². The Morgan fingerprint density at radius 1 is 1.05 bits per heavy atom. The van der Waals surface area contributed by atoms with E-state index in [1.807, 2.05) is 37.3 Å². The molecule has 2 aromatic carbocycles. The van der Waals surface area contributed by atoms with Crippen LogP contribution in [0.3, 0.4) is 0 Å². The highest BCUT2D eigenvalue weighted by molar-refractivity contribution is 5.76. The summed E-state index contributed by atoms with van der Waals surface area (Å²) in [6.45, 7) is 2.05. The summed E-state index contributed by atoms with van der Waals surface area (Å²) in [5.74, 6) is -0.211. The number of aliphatic hydroxyl groups is 1. The van der Waals surface area contributed by atoms with Gasteiger partial charge in [0.2, 0.25) is 0 Å². The molecule has 2 heteroatoms. The Bertz CT molecular complexity index is 658. The Balaban J connectivity index is 2.09. The van der Waals surface area contributed by atoms with E-state index in [0.717, 1.165) is 35.1 Å². The molecule has 1 aliphatic rings. The lowest BCUT2D eigenvalue weighted by Crippen LogP contribution is -2.10. The Hall–Kier alpha value is -1.93. The zero-order valence-corrected chi connectivity index (χ0v) is 11.4. The van der Waals surface area contributed by atoms with Crippen molar-refractivity contribution in [3.05, 3.63) is 76.6 Å². The lowest BCUT2D eigenvalue weighted by atomic mass is 9.82. The third-order valence-corrected chi connectivity index (χ3v) is 3.98. The number of hydrogen-bond acceptors (Lipinski definition) is 1. The van der Waals surface area contributed by atoms with Crippen molar-refractivity contribution >= 4 is 5.57 Å². The van der Waals surface area contributed by atoms with Crippen LogP contribution in [0, 0.1) is 5.82 Å². The molecule has 0 spiro atoms. The van der Waals surface area contributed by atoms with Gasteiger partial charge in [-0.25, -0.2) is 4.39 Å². The second-order valence-corrected chi connectivity index (χ2v) is 5.31. The van der Waals surface area contributed by atoms with E-state index in [1.54, 1.807) is 12.1 Å². The average Bonchev–Trinajstić information content (AvgIpc) is 2.48. The molecule has 1 aliphatic carbocycles. The van der Waals surface area contributed by atoms with Crippen LogP contribution in [0.4, 0.5) is 4.39 Å². The van der Waals surface area contributed by atoms with Crippen molar-refractivity contribution in [1.29, 1.82) is 0 Å². The highest BCUT2D eigenvalue weighted by Gasteiger charge is 2.23. The molecule has 1 unspecified atom stereocenters. The molecule has 1 nitrogen and oxygen atoms in total. The zero-order chi connectivity index (χ0) is 14.1. The lowest BCUT2D eigenvalue weighted by Gasteiger charge is -2.25. The number of rotatable bonds is 2. The monoisotopic (exact) mass is 268 g/mol. The Morgan fingerprint density at radius 2 is 1.80 bits per heavy atom. The van der Waals surface area contributed by atoms with Crippen LogP contribution in [0.5, 0.6) is 0 Å². The zero-order valence-electron chi connectivity index (χ0n) is 11.4. The SMILES string of the molecule is CC1=C(C(O)c2ccccc2)c2ccc(F)cc2CC1. The topological polar surface area (TPSA) is 20.2 Å². The van der Waals surface area contributed by atoms with E-state index >= 15 is 0 Å². The molecule has 1 atom stereocenters. The minimum atomic E-state index is -0.652. The van der Waals surface area contributed by atoms with Gasteiger partial charge in [0.25, 0.3) is 0 Å². The van der Waals surface area contributed by atoms with Crippen molar-refractivity contribution in [2.75, 3.05) is 0 Å². The highest BCUT2D eigenvalue weighted by atomic mass is 19.1. The normalized spacial score (nSPS) is 15.9. The Kier molecular flexibility index (Phi) is 3.41. The summed E-state index contributed by atoms with van der Waals surface area (Å²) in [7, 11) is 0. The number of fused-ring (bicyclic) bond motifs is 1. The fraction of sp³-hybridized carbons (Fsp3) is 0.222. The van der Waals surface area contributed by atoms with Crippen LogP contribution in [-0.2, 0) is 6.42 Å². The molecular formula is C18H17FO. The molecule has 102 valence electrons. The molecule has 3 rings (SSSR count). The highest BCUT2D eigenvalue weighted by Crippen LogP contribution is 2.39. The minimum Gasteiger partial charge on any atom is -0.384 e. The summed E-state index contributed by atoms with van der Waals surface area (Å²) < 4.78 is 13.4. The number of aryl methyl sites for hydroxylation is 1. The molecule has 0 saturated carbocycles. The first kappa shape index (κ1) is 13.1. The van der Waals surface area contributed by atoms with Gasteiger partial charge in [-0.15, -0.1) is 0 Å². The van der Waals surface area contributed by atoms with Crippen LogP contribution in [-0.4, -0.2) is 5.11 Å². The fourth-order valence-electron chi connectivity index (χ4n) is 2.90. The van der Waals surface area contributed by atoms with Gasteiger partial charge in [0.05, 0.1) is 0 Å². The predicted octanol–water partition coefficient (Wildman–Crippen LogP) is 4.28. The summed E-state index contributed by atoms with van der Waals surface area (Å²) in [6, 6.07) is 14.4. The maximum atomic E-state index is 13.4. The number of halogens is 1. The van der Waals surface area contributed by atoms with Crippen LogP contribution in [0.1, 0.15) is 36.1 Å². The van der Waals surface area contributed by atoms with Gasteiger partial charge < -0.3 is 5.11 Å². The second-order valence-electron chi connectivity index (χ2n) is 5.31. The minimum absolute atomic E-state index is 0.211. The largest absolute Gasteiger partial charge is 0.384 e. The van der Waals surface area contributed by atoms with Gasteiger partial charge >= 0.3 is 0 Å². The summed E-state index contributed by atoms with van der Waals surface area (Å²) >= 11 is 0. The van der Waals surface area contributed by atoms with Crippen LogP contribution in [0.2, 0.25) is 0 Å². The molecule has 0 fully saturated rings. The summed E-state index contributed by atoms with van der Waals surface area (Å²) in [4.78, 5) is 0. The van der Waals surface area contributed by atoms with Crippen molar-refractivity contribution < 1.29 is 9.50 Å². The number of benzene rings is 2. The van der Waals surface area contributed by atoms with E-state index in [2.05, 4.69) is 0 Å². The first-order valence-electron chi connectivity index (χ1n) is 6.88. The summed E-state index contributed by atoms with van der Waals surface area (Å²) in [6.07, 6.45) is 1.06. The molecule has 2 aromatic rings. The maximum Gasteiger partial charge on any atom is 0.123 e. The van der Waals surface area contributed by atoms with Crippen LogP contribution in [0.25, 0.3) is 5.57 Å². The molecule has 0 aliphatic heterocycles. The molecule has 0 saturated heterocycles. The fourth-order valence-corrected chi connectivity index (χ4v) is 2.90. The van der Waals surface area contributed by atoms with Crippen molar-refractivity contribution in [3.8, 4) is 0 Å². The molecule has 0 aromatic heterocycles. The van der Waals surface area contributed by atoms with Crippen molar-refractivity contribution in [2.24, 2.45) is 0 Å². The number of allylic oxidation sites excluding steroid dienone is 1. The van der Waals surface area contributed by atoms with Crippen molar-refractivity contribution in [3.63, 3.8) is 0 Å². The van der Waals surface area contributed by atoms with E-state index < -0.39 is 6.10 Å². The molecular weight excluding hydrogens is 251 g/mol. The summed E-state index contributed by atoms with van der Waals surface area (Å²) in [5.41, 5.74) is 4.95. The van der Waals surface area contributed by atoms with Gasteiger partial charge in [-0.2, -0.15) is 0 Å². The van der Waals surface area contributed by atoms with Gasteiger partial charge in [0.1, 0.15) is 11.9 Å². The standard InChI is InChI=1S/C18H17FO/c1-12-7-8-14-11-15(19)9-10-16(14)17(12)18(20)13-5-3-2-4-6-13/h2-6,9-11,18,20H,7-8H2,1H3. The van der Waals surface area contributed by atoms with E-state index in [9.17, 15) is 9.50 Å². The van der Waals surface area contributed by atoms with Crippen molar-refractivity contribution in [2.45, 2.75) is 25.9 Å². The van der Waals surface area contributed by atoms with E-state index in [0.29, 0.717) is 0 Å². The van der Waals surface area contributed by atoms with Gasteiger partial charge in [-0.05, 0) is 54.2 Å². The van der Waals surface area contributed by atoms with Gasteiger partial charge in [0, 0.05) is 0 Å². The van der Waals surface area contributed by atoms with Gasteiger partial charge in [0.15, 0.2) is 0 Å². The van der Waals surface area contributed by atoms with E-state index in [-0.39, 0.29) is 5.82 Å². The first-order valence-corrected chi connectivity index (χ1v) is 6.88. The lowest BCUT2D eigenvalue weighted by molar-refractivity contribution is 0.237. The maximum absolute atomic E-state index is 13.4. The molecule has 0 amide bonds. The Labute approximate surface area is 118 Å². The van der Waals surface area contributed by atoms with E-state index in [4.69, 9.17) is 0 Å². The van der Waals surface area contributed by atoms with Gasteiger partial charge in [-0.1, -0.05) is 42.0 Å². The number of hydrogen-bond donors (Lipinski definition) is 1. The third kappa shape index (κ3) is 2.27. The molecule has 0 radical (unpaired) electrons. The van der Waals surface area contributed by atoms with Crippen molar-refractivity contribution in [1.82, 2.24) is 0 Å². The molecule has 1 N–H and O–H groups in total. The number of aliphatic hydroxyl groups excluding tert-OH is 1. The van der Waals surface area contributed by atoms with Crippen LogP contribution >= 0.6 is 0 Å². The van der Waals surface area contributed by atoms with Crippen LogP contribution in [0.15, 0.2) is 54.1 Å². The smallest absolute Gasteiger partial charge is 0.123 e. The second kappa shape index (κ2) is 5.22. The predicted molar refractivity (Wildman–Crippen MR) is 78.7 cm³/mol. The third-order valence-electron chi connectivity index (χ3n) is 3.98. The van der Waals surface area contributed by atoms with E-state index in [1.165, 1.54) is 11.6 Å².